The minimum absolute atomic E-state index is 0.0880. The molecule has 1 aromatic carbocycles. The fourth-order valence-electron chi connectivity index (χ4n) is 0.844. The van der Waals surface area contributed by atoms with E-state index >= 15 is 0 Å². The molecule has 0 atom stereocenters. The van der Waals surface area contributed by atoms with Crippen molar-refractivity contribution in [2.75, 3.05) is 0 Å². The van der Waals surface area contributed by atoms with Gasteiger partial charge in [0.2, 0.25) is 0 Å². The first-order valence-corrected chi connectivity index (χ1v) is 3.18. The van der Waals surface area contributed by atoms with Gasteiger partial charge in [-0.05, 0) is 19.4 Å². The normalized spacial score (nSPS) is 9.64. The van der Waals surface area contributed by atoms with Crippen molar-refractivity contribution in [2.24, 2.45) is 0 Å². The Bertz CT molecular complexity index is 294. The van der Waals surface area contributed by atoms with Gasteiger partial charge in [-0.15, -0.1) is 0 Å². The van der Waals surface area contributed by atoms with Gasteiger partial charge in [-0.3, -0.25) is 10.1 Å². The van der Waals surface area contributed by atoms with Crippen LogP contribution in [0.15, 0.2) is 18.2 Å². The van der Waals surface area contributed by atoms with Crippen LogP contribution in [0.4, 0.5) is 5.69 Å². The third kappa shape index (κ3) is 1.55. The molecule has 3 heteroatoms. The van der Waals surface area contributed by atoms with Gasteiger partial charge in [-0.2, -0.15) is 0 Å². The Morgan fingerprint density at radius 1 is 1.55 bits per heavy atom. The standard InChI is InChI=1S/C8H8NO2/c1-6-3-4-7(2)8(5-6)9(10)11/h3-5H,2H2,1H3. The second-order valence-electron chi connectivity index (χ2n) is 2.39. The molecule has 0 fully saturated rings. The summed E-state index contributed by atoms with van der Waals surface area (Å²) in [5.41, 5.74) is 1.43. The van der Waals surface area contributed by atoms with Crippen LogP contribution in [0.3, 0.4) is 0 Å². The van der Waals surface area contributed by atoms with Crippen molar-refractivity contribution in [2.45, 2.75) is 6.92 Å². The molecule has 0 aromatic heterocycles. The average Bonchev–Trinajstić information content (AvgIpc) is 1.94. The third-order valence-electron chi connectivity index (χ3n) is 1.44. The zero-order chi connectivity index (χ0) is 8.43. The van der Waals surface area contributed by atoms with Crippen molar-refractivity contribution < 1.29 is 4.92 Å². The van der Waals surface area contributed by atoms with E-state index in [0.29, 0.717) is 5.56 Å². The highest BCUT2D eigenvalue weighted by molar-refractivity contribution is 5.44. The predicted octanol–water partition coefficient (Wildman–Crippen LogP) is 2.09. The fraction of sp³-hybridized carbons (Fsp3) is 0.125. The number of hydrogen-bond acceptors (Lipinski definition) is 2. The number of rotatable bonds is 1. The number of nitro benzene ring substituents is 1. The van der Waals surface area contributed by atoms with Crippen LogP contribution >= 0.6 is 0 Å². The summed E-state index contributed by atoms with van der Waals surface area (Å²) >= 11 is 0. The van der Waals surface area contributed by atoms with E-state index in [0.717, 1.165) is 5.56 Å². The quantitative estimate of drug-likeness (QED) is 0.454. The number of hydrogen-bond donors (Lipinski definition) is 0. The minimum atomic E-state index is -0.421. The summed E-state index contributed by atoms with van der Waals surface area (Å²) in [5.74, 6) is 0. The van der Waals surface area contributed by atoms with Crippen LogP contribution in [-0.4, -0.2) is 4.92 Å². The van der Waals surface area contributed by atoms with Gasteiger partial charge in [0, 0.05) is 11.6 Å². The summed E-state index contributed by atoms with van der Waals surface area (Å²) in [7, 11) is 0. The van der Waals surface area contributed by atoms with Crippen molar-refractivity contribution in [1.29, 1.82) is 0 Å². The third-order valence-corrected chi connectivity index (χ3v) is 1.44. The molecule has 0 aliphatic carbocycles. The summed E-state index contributed by atoms with van der Waals surface area (Å²) in [6, 6.07) is 4.96. The van der Waals surface area contributed by atoms with Crippen LogP contribution < -0.4 is 0 Å². The monoisotopic (exact) mass is 150 g/mol. The first-order chi connectivity index (χ1) is 5.11. The highest BCUT2D eigenvalue weighted by Crippen LogP contribution is 2.18. The second-order valence-corrected chi connectivity index (χ2v) is 2.39. The van der Waals surface area contributed by atoms with E-state index in [2.05, 4.69) is 6.92 Å². The molecule has 0 saturated heterocycles. The highest BCUT2D eigenvalue weighted by Gasteiger charge is 2.08. The van der Waals surface area contributed by atoms with E-state index in [1.54, 1.807) is 12.1 Å². The van der Waals surface area contributed by atoms with Crippen molar-refractivity contribution in [3.05, 3.63) is 46.4 Å². The van der Waals surface area contributed by atoms with E-state index < -0.39 is 4.92 Å². The lowest BCUT2D eigenvalue weighted by molar-refractivity contribution is -0.385. The Balaban J connectivity index is 3.23. The summed E-state index contributed by atoms with van der Waals surface area (Å²) in [6.07, 6.45) is 0. The van der Waals surface area contributed by atoms with E-state index in [9.17, 15) is 10.1 Å². The molecule has 0 bridgehead atoms. The molecule has 0 saturated carbocycles. The van der Waals surface area contributed by atoms with Gasteiger partial charge in [0.15, 0.2) is 0 Å². The van der Waals surface area contributed by atoms with Crippen LogP contribution in [-0.2, 0) is 0 Å². The Morgan fingerprint density at radius 3 is 2.64 bits per heavy atom. The molecule has 0 N–H and O–H groups in total. The molecule has 0 amide bonds. The molecule has 3 nitrogen and oxygen atoms in total. The van der Waals surface area contributed by atoms with Crippen LogP contribution in [0.5, 0.6) is 0 Å². The molecule has 0 heterocycles. The van der Waals surface area contributed by atoms with E-state index in [1.165, 1.54) is 6.07 Å². The molecule has 0 aliphatic heterocycles. The number of benzene rings is 1. The SMILES string of the molecule is [CH2]c1ccc(C)cc1[N+](=O)[O-]. The second kappa shape index (κ2) is 2.70. The van der Waals surface area contributed by atoms with E-state index in [4.69, 9.17) is 0 Å². The van der Waals surface area contributed by atoms with E-state index in [1.807, 2.05) is 6.92 Å². The summed E-state index contributed by atoms with van der Waals surface area (Å²) in [4.78, 5) is 9.92. The smallest absolute Gasteiger partial charge is 0.258 e. The van der Waals surface area contributed by atoms with Crippen LogP contribution in [0.2, 0.25) is 0 Å². The summed E-state index contributed by atoms with van der Waals surface area (Å²) in [5, 5.41) is 10.3. The predicted molar refractivity (Wildman–Crippen MR) is 42.3 cm³/mol. The Morgan fingerprint density at radius 2 is 2.18 bits per heavy atom. The molecular formula is C8H8NO2. The zero-order valence-electron chi connectivity index (χ0n) is 6.20. The molecule has 0 unspecified atom stereocenters. The Labute approximate surface area is 64.8 Å². The molecular weight excluding hydrogens is 142 g/mol. The molecule has 1 aromatic rings. The first-order valence-electron chi connectivity index (χ1n) is 3.18. The van der Waals surface area contributed by atoms with Crippen molar-refractivity contribution >= 4 is 5.69 Å². The maximum atomic E-state index is 10.3. The maximum absolute atomic E-state index is 10.3. The molecule has 0 aliphatic rings. The fourth-order valence-corrected chi connectivity index (χ4v) is 0.844. The minimum Gasteiger partial charge on any atom is -0.258 e. The van der Waals surface area contributed by atoms with Gasteiger partial charge in [0.1, 0.15) is 0 Å². The lowest BCUT2D eigenvalue weighted by Gasteiger charge is -1.96. The molecule has 11 heavy (non-hydrogen) atoms. The van der Waals surface area contributed by atoms with Crippen molar-refractivity contribution in [3.63, 3.8) is 0 Å². The van der Waals surface area contributed by atoms with Crippen LogP contribution in [0.1, 0.15) is 11.1 Å². The summed E-state index contributed by atoms with van der Waals surface area (Å²) < 4.78 is 0. The van der Waals surface area contributed by atoms with Crippen LogP contribution in [0, 0.1) is 24.0 Å². The molecule has 1 rings (SSSR count). The lowest BCUT2D eigenvalue weighted by Crippen LogP contribution is -1.91. The topological polar surface area (TPSA) is 43.1 Å². The van der Waals surface area contributed by atoms with Gasteiger partial charge < -0.3 is 0 Å². The molecule has 57 valence electrons. The van der Waals surface area contributed by atoms with E-state index in [-0.39, 0.29) is 5.69 Å². The lowest BCUT2D eigenvalue weighted by atomic mass is 10.1. The Kier molecular flexibility index (Phi) is 1.89. The number of aryl methyl sites for hydroxylation is 1. The molecule has 0 spiro atoms. The largest absolute Gasteiger partial charge is 0.272 e. The van der Waals surface area contributed by atoms with Crippen molar-refractivity contribution in [3.8, 4) is 0 Å². The number of nitro groups is 1. The average molecular weight is 150 g/mol. The van der Waals surface area contributed by atoms with Crippen LogP contribution in [0.25, 0.3) is 0 Å². The number of nitrogens with zero attached hydrogens (tertiary/aromatic N) is 1. The first kappa shape index (κ1) is 7.72. The maximum Gasteiger partial charge on any atom is 0.272 e. The molecule has 1 radical (unpaired) electrons. The zero-order valence-corrected chi connectivity index (χ0v) is 6.20. The van der Waals surface area contributed by atoms with Gasteiger partial charge >= 0.3 is 0 Å². The van der Waals surface area contributed by atoms with Gasteiger partial charge in [0.25, 0.3) is 5.69 Å². The van der Waals surface area contributed by atoms with Gasteiger partial charge in [-0.25, -0.2) is 0 Å². The van der Waals surface area contributed by atoms with Gasteiger partial charge in [-0.1, -0.05) is 12.1 Å². The van der Waals surface area contributed by atoms with Crippen molar-refractivity contribution in [1.82, 2.24) is 0 Å². The highest BCUT2D eigenvalue weighted by atomic mass is 16.6. The summed E-state index contributed by atoms with van der Waals surface area (Å²) in [6.45, 7) is 5.35. The van der Waals surface area contributed by atoms with Gasteiger partial charge in [0.05, 0.1) is 4.92 Å². The Hall–Kier alpha value is -1.38.